The molecular weight excluding hydrogens is 828 g/mol. The Bertz CT molecular complexity index is 1200. The van der Waals surface area contributed by atoms with Crippen LogP contribution < -0.4 is 0 Å². The molecule has 4 rings (SSSR count). The fourth-order valence-corrected chi connectivity index (χ4v) is 8.90. The molecule has 0 saturated carbocycles. The minimum absolute atomic E-state index is 0.115. The third kappa shape index (κ3) is 11.8. The van der Waals surface area contributed by atoms with E-state index in [4.69, 9.17) is 28.4 Å². The molecule has 0 aromatic carbocycles. The number of aliphatic hydroxyl groups excluding tert-OH is 14. The summed E-state index contributed by atoms with van der Waals surface area (Å²) in [5.41, 5.74) is -2.49. The van der Waals surface area contributed by atoms with E-state index in [0.29, 0.717) is 25.7 Å². The Hall–Kier alpha value is -1.16. The molecular formula is C32H56N2O22S2. The smallest absolute Gasteiger partial charge is 0.187 e. The van der Waals surface area contributed by atoms with Crippen molar-refractivity contribution in [1.82, 2.24) is 0 Å². The molecule has 0 aromatic rings. The standard InChI is InChI=1S/C32H56N2O22S2/c35-7-11-17(39)19(41)23(45)29(51-11)55-27-13(9-37)53-31(25(47)21(27)43)57-15(33-49)5-3-1-2-4-6-16(34-50)58-32-26(48)22(44)28(14(10-38)54-32)56-30-24(46)20(42)18(40)12(8-36)52-30/h11-14,17-32,35-50H,1-10H2/b33-15+,34-16+/t11-,12-,13-,14-,17-,18-,19+,20+,21-,22-,23-,24-,25-,26-,27-,28-,29-,30-,31+,32+/m1/s1. The monoisotopic (exact) mass is 884 g/mol. The third-order valence-electron chi connectivity index (χ3n) is 10.2. The van der Waals surface area contributed by atoms with Crippen LogP contribution in [0.1, 0.15) is 38.5 Å². The van der Waals surface area contributed by atoms with E-state index in [1.165, 1.54) is 0 Å². The lowest BCUT2D eigenvalue weighted by Gasteiger charge is -2.46. The lowest BCUT2D eigenvalue weighted by Crippen LogP contribution is -2.64. The highest BCUT2D eigenvalue weighted by Crippen LogP contribution is 2.36. The molecule has 4 heterocycles. The molecule has 24 nitrogen and oxygen atoms in total. The zero-order valence-electron chi connectivity index (χ0n) is 30.9. The highest BCUT2D eigenvalue weighted by molar-refractivity contribution is 8.14. The van der Waals surface area contributed by atoms with Gasteiger partial charge in [0.15, 0.2) is 12.6 Å². The van der Waals surface area contributed by atoms with E-state index in [2.05, 4.69) is 10.3 Å². The van der Waals surface area contributed by atoms with E-state index in [1.54, 1.807) is 0 Å². The van der Waals surface area contributed by atoms with Gasteiger partial charge in [0.25, 0.3) is 0 Å². The van der Waals surface area contributed by atoms with Crippen molar-refractivity contribution in [1.29, 1.82) is 0 Å². The normalized spacial score (nSPS) is 44.4. The largest absolute Gasteiger partial charge is 0.410 e. The molecule has 338 valence electrons. The topological polar surface area (TPSA) is 404 Å². The minimum Gasteiger partial charge on any atom is -0.410 e. The molecule has 0 aliphatic carbocycles. The number of unbranched alkanes of at least 4 members (excludes halogenated alkanes) is 3. The number of hydrogen-bond donors (Lipinski definition) is 16. The van der Waals surface area contributed by atoms with Crippen LogP contribution in [0.5, 0.6) is 0 Å². The molecule has 58 heavy (non-hydrogen) atoms. The number of thioether (sulfide) groups is 2. The van der Waals surface area contributed by atoms with Crippen LogP contribution in [0.25, 0.3) is 0 Å². The molecule has 4 saturated heterocycles. The predicted molar refractivity (Wildman–Crippen MR) is 194 cm³/mol. The molecule has 0 unspecified atom stereocenters. The number of ether oxygens (including phenoxy) is 6. The van der Waals surface area contributed by atoms with Crippen LogP contribution in [-0.4, -0.2) is 240 Å². The van der Waals surface area contributed by atoms with Gasteiger partial charge in [0.05, 0.1) is 26.4 Å². The average Bonchev–Trinajstić information content (AvgIpc) is 3.22. The lowest BCUT2D eigenvalue weighted by atomic mass is 9.97. The van der Waals surface area contributed by atoms with Crippen LogP contribution in [0.4, 0.5) is 0 Å². The van der Waals surface area contributed by atoms with Gasteiger partial charge in [-0.3, -0.25) is 0 Å². The highest BCUT2D eigenvalue weighted by atomic mass is 32.2. The van der Waals surface area contributed by atoms with Crippen LogP contribution in [0.3, 0.4) is 0 Å². The molecule has 20 atom stereocenters. The van der Waals surface area contributed by atoms with E-state index in [1.807, 2.05) is 0 Å². The molecule has 0 bridgehead atoms. The summed E-state index contributed by atoms with van der Waals surface area (Å²) in [4.78, 5) is 0. The number of aliphatic hydroxyl groups is 14. The first-order valence-electron chi connectivity index (χ1n) is 18.6. The van der Waals surface area contributed by atoms with E-state index >= 15 is 0 Å². The predicted octanol–water partition coefficient (Wildman–Crippen LogP) is -6.38. The summed E-state index contributed by atoms with van der Waals surface area (Å²) in [5.74, 6) is 0. The van der Waals surface area contributed by atoms with E-state index < -0.39 is 148 Å². The zero-order valence-corrected chi connectivity index (χ0v) is 32.6. The first-order chi connectivity index (χ1) is 27.6. The summed E-state index contributed by atoms with van der Waals surface area (Å²) in [6.07, 6.45) is -26.5. The van der Waals surface area contributed by atoms with Crippen molar-refractivity contribution in [2.45, 2.75) is 160 Å². The quantitative estimate of drug-likeness (QED) is 0.0212. The molecule has 0 aromatic heterocycles. The maximum Gasteiger partial charge on any atom is 0.187 e. The van der Waals surface area contributed by atoms with Gasteiger partial charge in [-0.15, -0.1) is 0 Å². The van der Waals surface area contributed by atoms with Crippen molar-refractivity contribution >= 4 is 33.6 Å². The summed E-state index contributed by atoms with van der Waals surface area (Å²) < 4.78 is 33.1. The summed E-state index contributed by atoms with van der Waals surface area (Å²) in [6.45, 7) is -2.94. The van der Waals surface area contributed by atoms with Crippen molar-refractivity contribution in [2.75, 3.05) is 26.4 Å². The van der Waals surface area contributed by atoms with Crippen molar-refractivity contribution in [3.05, 3.63) is 0 Å². The molecule has 26 heteroatoms. The third-order valence-corrected chi connectivity index (χ3v) is 12.5. The Labute approximate surface area is 339 Å². The molecule has 4 aliphatic heterocycles. The first-order valence-corrected chi connectivity index (χ1v) is 20.3. The summed E-state index contributed by atoms with van der Waals surface area (Å²) in [5, 5.41) is 169. The lowest BCUT2D eigenvalue weighted by molar-refractivity contribution is -0.338. The summed E-state index contributed by atoms with van der Waals surface area (Å²) >= 11 is 1.56. The van der Waals surface area contributed by atoms with Crippen LogP contribution >= 0.6 is 23.5 Å². The molecule has 16 N–H and O–H groups in total. The molecule has 0 amide bonds. The van der Waals surface area contributed by atoms with E-state index in [0.717, 1.165) is 23.5 Å². The molecule has 4 aliphatic rings. The highest BCUT2D eigenvalue weighted by Gasteiger charge is 2.52. The molecule has 0 radical (unpaired) electrons. The minimum atomic E-state index is -1.82. The van der Waals surface area contributed by atoms with Crippen molar-refractivity contribution in [3.8, 4) is 0 Å². The van der Waals surface area contributed by atoms with Gasteiger partial charge in [0.1, 0.15) is 119 Å². The van der Waals surface area contributed by atoms with Gasteiger partial charge >= 0.3 is 0 Å². The van der Waals surface area contributed by atoms with Gasteiger partial charge in [0, 0.05) is 0 Å². The Morgan fingerprint density at radius 3 is 1.07 bits per heavy atom. The second-order valence-electron chi connectivity index (χ2n) is 14.1. The Kier molecular flexibility index (Phi) is 19.9. The number of hydrogen-bond acceptors (Lipinski definition) is 26. The van der Waals surface area contributed by atoms with Gasteiger partial charge in [-0.2, -0.15) is 0 Å². The Morgan fingerprint density at radius 2 is 0.759 bits per heavy atom. The second kappa shape index (κ2) is 23.3. The van der Waals surface area contributed by atoms with E-state index in [9.17, 15) is 81.9 Å². The maximum atomic E-state index is 10.9. The van der Waals surface area contributed by atoms with Gasteiger partial charge in [-0.1, -0.05) is 46.7 Å². The van der Waals surface area contributed by atoms with Crippen molar-refractivity contribution < 1.29 is 110 Å². The van der Waals surface area contributed by atoms with Gasteiger partial charge in [-0.05, 0) is 25.7 Å². The van der Waals surface area contributed by atoms with Crippen molar-refractivity contribution in [3.63, 3.8) is 0 Å². The number of rotatable bonds is 17. The fraction of sp³-hybridized carbons (Fsp3) is 0.938. The van der Waals surface area contributed by atoms with Gasteiger partial charge in [-0.25, -0.2) is 0 Å². The molecule has 0 spiro atoms. The SMILES string of the molecule is OC[C@H]1O[C@H](O[C@H]2[C@H](O)[C@@H](O)[C@H](S/C(CCCCCC/C(=N\O)S[C@@H]3O[C@H](CO)[C@@H](O[C@H]4O[C@H](CO)[C@@H](O)[C@H](O)[C@H]4O)[C@H](O)[C@H]3O)=N/O)O[C@@H]2CO)[C@H](O)[C@@H](O)[C@@H]1O. The number of oxime groups is 2. The first kappa shape index (κ1) is 49.5. The Morgan fingerprint density at radius 1 is 0.414 bits per heavy atom. The summed E-state index contributed by atoms with van der Waals surface area (Å²) in [7, 11) is 0. The van der Waals surface area contributed by atoms with Crippen LogP contribution in [0, 0.1) is 0 Å². The zero-order chi connectivity index (χ0) is 42.8. The van der Waals surface area contributed by atoms with Crippen LogP contribution in [-0.2, 0) is 28.4 Å². The van der Waals surface area contributed by atoms with Crippen molar-refractivity contribution in [2.24, 2.45) is 10.3 Å². The molecule has 4 fully saturated rings. The second-order valence-corrected chi connectivity index (χ2v) is 16.5. The van der Waals surface area contributed by atoms with Gasteiger partial charge in [0.2, 0.25) is 0 Å². The van der Waals surface area contributed by atoms with Gasteiger partial charge < -0.3 is 110 Å². The maximum absolute atomic E-state index is 10.9. The summed E-state index contributed by atoms with van der Waals surface area (Å²) in [6, 6.07) is 0. The van der Waals surface area contributed by atoms with Crippen LogP contribution in [0.2, 0.25) is 0 Å². The van der Waals surface area contributed by atoms with Crippen LogP contribution in [0.15, 0.2) is 10.3 Å². The number of nitrogens with zero attached hydrogens (tertiary/aromatic N) is 2. The average molecular weight is 885 g/mol. The fourth-order valence-electron chi connectivity index (χ4n) is 6.74. The van der Waals surface area contributed by atoms with E-state index in [-0.39, 0.29) is 22.9 Å². The Balaban J connectivity index is 1.20.